The van der Waals surface area contributed by atoms with Gasteiger partial charge in [0.05, 0.1) is 10.6 Å². The number of aromatic nitrogens is 5. The number of halogens is 1. The minimum Gasteiger partial charge on any atom is -0.338 e. The number of piperidine rings is 1. The molecule has 3 heterocycles. The molecule has 0 bridgehead atoms. The largest absolute Gasteiger partial charge is 0.338 e. The van der Waals surface area contributed by atoms with Gasteiger partial charge in [-0.2, -0.15) is 5.10 Å². The monoisotopic (exact) mass is 356 g/mol. The van der Waals surface area contributed by atoms with Crippen LogP contribution in [0.5, 0.6) is 0 Å². The second kappa shape index (κ2) is 6.68. The first-order valence-corrected chi connectivity index (χ1v) is 8.53. The number of nitrogens with zero attached hydrogens (tertiary/aromatic N) is 5. The summed E-state index contributed by atoms with van der Waals surface area (Å²) in [6, 6.07) is 7.34. The molecular weight excluding hydrogens is 340 g/mol. The lowest BCUT2D eigenvalue weighted by atomic mass is 9.94. The molecule has 0 unspecified atom stereocenters. The Balaban J connectivity index is 1.54. The number of carbonyl (C=O) groups excluding carboxylic acids is 1. The predicted octanol–water partition coefficient (Wildman–Crippen LogP) is 2.66. The van der Waals surface area contributed by atoms with Gasteiger partial charge in [-0.05, 0) is 37.1 Å². The normalized spacial score (nSPS) is 17.6. The molecular formula is C17H17ClN6O. The molecule has 1 saturated heterocycles. The molecule has 1 atom stereocenters. The Morgan fingerprint density at radius 1 is 1.24 bits per heavy atom. The zero-order valence-electron chi connectivity index (χ0n) is 13.5. The van der Waals surface area contributed by atoms with Crippen molar-refractivity contribution in [1.82, 2.24) is 29.9 Å². The summed E-state index contributed by atoms with van der Waals surface area (Å²) < 4.78 is 1.75. The minimum atomic E-state index is -0.0375. The highest BCUT2D eigenvalue weighted by molar-refractivity contribution is 6.34. The molecule has 1 aromatic carbocycles. The van der Waals surface area contributed by atoms with E-state index in [9.17, 15) is 4.79 Å². The third kappa shape index (κ3) is 3.15. The molecule has 2 aromatic heterocycles. The number of H-pyrrole nitrogens is 1. The van der Waals surface area contributed by atoms with E-state index in [1.54, 1.807) is 35.6 Å². The lowest BCUT2D eigenvalue weighted by molar-refractivity contribution is 0.0706. The Morgan fingerprint density at radius 2 is 2.08 bits per heavy atom. The summed E-state index contributed by atoms with van der Waals surface area (Å²) in [5, 5.41) is 15.0. The van der Waals surface area contributed by atoms with Gasteiger partial charge in [0.25, 0.3) is 5.91 Å². The number of rotatable bonds is 3. The van der Waals surface area contributed by atoms with Gasteiger partial charge in [-0.15, -0.1) is 10.2 Å². The van der Waals surface area contributed by atoms with Crippen LogP contribution in [0.15, 0.2) is 43.1 Å². The average Bonchev–Trinajstić information content (AvgIpc) is 3.35. The van der Waals surface area contributed by atoms with E-state index in [1.807, 2.05) is 17.0 Å². The van der Waals surface area contributed by atoms with Crippen LogP contribution in [0, 0.1) is 0 Å². The first-order chi connectivity index (χ1) is 12.2. The van der Waals surface area contributed by atoms with Gasteiger partial charge in [-0.1, -0.05) is 11.6 Å². The molecule has 0 saturated carbocycles. The molecule has 7 nitrogen and oxygen atoms in total. The van der Waals surface area contributed by atoms with Gasteiger partial charge in [-0.3, -0.25) is 14.5 Å². The zero-order chi connectivity index (χ0) is 17.2. The van der Waals surface area contributed by atoms with E-state index in [0.717, 1.165) is 30.8 Å². The van der Waals surface area contributed by atoms with Crippen molar-refractivity contribution in [2.24, 2.45) is 0 Å². The van der Waals surface area contributed by atoms with Crippen molar-refractivity contribution in [1.29, 1.82) is 0 Å². The van der Waals surface area contributed by atoms with E-state index in [1.165, 1.54) is 0 Å². The van der Waals surface area contributed by atoms with Crippen molar-refractivity contribution in [2.45, 2.75) is 18.8 Å². The fourth-order valence-corrected chi connectivity index (χ4v) is 3.51. The van der Waals surface area contributed by atoms with E-state index in [0.29, 0.717) is 17.1 Å². The zero-order valence-corrected chi connectivity index (χ0v) is 14.2. The van der Waals surface area contributed by atoms with Crippen molar-refractivity contribution in [3.63, 3.8) is 0 Å². The molecule has 25 heavy (non-hydrogen) atoms. The van der Waals surface area contributed by atoms with Gasteiger partial charge in [0.15, 0.2) is 0 Å². The van der Waals surface area contributed by atoms with Crippen LogP contribution in [0.1, 0.15) is 34.8 Å². The van der Waals surface area contributed by atoms with E-state index in [-0.39, 0.29) is 11.8 Å². The average molecular weight is 357 g/mol. The van der Waals surface area contributed by atoms with Gasteiger partial charge in [0, 0.05) is 36.6 Å². The van der Waals surface area contributed by atoms with Gasteiger partial charge < -0.3 is 4.90 Å². The Morgan fingerprint density at radius 3 is 2.80 bits per heavy atom. The molecule has 0 spiro atoms. The van der Waals surface area contributed by atoms with Crippen LogP contribution in [0.4, 0.5) is 0 Å². The Bertz CT molecular complexity index is 861. The number of aromatic amines is 1. The van der Waals surface area contributed by atoms with Crippen LogP contribution in [0.3, 0.4) is 0 Å². The highest BCUT2D eigenvalue weighted by Crippen LogP contribution is 2.28. The van der Waals surface area contributed by atoms with Gasteiger partial charge >= 0.3 is 0 Å². The lowest BCUT2D eigenvalue weighted by Crippen LogP contribution is -2.39. The van der Waals surface area contributed by atoms with Crippen molar-refractivity contribution in [3.05, 3.63) is 59.4 Å². The Labute approximate surface area is 149 Å². The van der Waals surface area contributed by atoms with Crippen LogP contribution in [0.25, 0.3) is 5.69 Å². The highest BCUT2D eigenvalue weighted by atomic mass is 35.5. The SMILES string of the molecule is O=C(c1ccc(-n2cnnc2)cc1Cl)N1CCC[C@H](c2ccn[nH]2)C1. The Hall–Kier alpha value is -2.67. The molecule has 8 heteroatoms. The third-order valence-electron chi connectivity index (χ3n) is 4.57. The van der Waals surface area contributed by atoms with E-state index in [2.05, 4.69) is 20.4 Å². The maximum Gasteiger partial charge on any atom is 0.255 e. The summed E-state index contributed by atoms with van der Waals surface area (Å²) in [6.07, 6.45) is 6.94. The smallest absolute Gasteiger partial charge is 0.255 e. The van der Waals surface area contributed by atoms with Crippen molar-refractivity contribution < 1.29 is 4.79 Å². The summed E-state index contributed by atoms with van der Waals surface area (Å²) in [7, 11) is 0. The van der Waals surface area contributed by atoms with Gasteiger partial charge in [-0.25, -0.2) is 0 Å². The van der Waals surface area contributed by atoms with E-state index < -0.39 is 0 Å². The summed E-state index contributed by atoms with van der Waals surface area (Å²) in [5.74, 6) is 0.250. The standard InChI is InChI=1S/C17H17ClN6O/c18-15-8-13(24-10-20-21-11-24)3-4-14(15)17(25)23-7-1-2-12(9-23)16-5-6-19-22-16/h3-6,8,10-12H,1-2,7,9H2,(H,19,22)/t12-/m0/s1. The first kappa shape index (κ1) is 15.8. The van der Waals surface area contributed by atoms with E-state index >= 15 is 0 Å². The summed E-state index contributed by atoms with van der Waals surface area (Å²) in [6.45, 7) is 1.41. The lowest BCUT2D eigenvalue weighted by Gasteiger charge is -2.32. The maximum absolute atomic E-state index is 12.9. The highest BCUT2D eigenvalue weighted by Gasteiger charge is 2.27. The molecule has 1 aliphatic heterocycles. The number of hydrogen-bond donors (Lipinski definition) is 1. The fourth-order valence-electron chi connectivity index (χ4n) is 3.25. The molecule has 1 amide bonds. The second-order valence-electron chi connectivity index (χ2n) is 6.14. The third-order valence-corrected chi connectivity index (χ3v) is 4.88. The summed E-state index contributed by atoms with van der Waals surface area (Å²) in [4.78, 5) is 14.8. The molecule has 128 valence electrons. The first-order valence-electron chi connectivity index (χ1n) is 8.15. The number of benzene rings is 1. The summed E-state index contributed by atoms with van der Waals surface area (Å²) >= 11 is 6.38. The van der Waals surface area contributed by atoms with Gasteiger partial charge in [0.2, 0.25) is 0 Å². The number of likely N-dealkylation sites (tertiary alicyclic amines) is 1. The molecule has 1 fully saturated rings. The second-order valence-corrected chi connectivity index (χ2v) is 6.54. The van der Waals surface area contributed by atoms with Crippen LogP contribution >= 0.6 is 11.6 Å². The van der Waals surface area contributed by atoms with E-state index in [4.69, 9.17) is 11.6 Å². The predicted molar refractivity (Wildman–Crippen MR) is 92.8 cm³/mol. The minimum absolute atomic E-state index is 0.0375. The maximum atomic E-state index is 12.9. The van der Waals surface area contributed by atoms with Crippen LogP contribution in [-0.4, -0.2) is 48.9 Å². The fraction of sp³-hybridized carbons (Fsp3) is 0.294. The molecule has 1 aliphatic rings. The quantitative estimate of drug-likeness (QED) is 0.782. The Kier molecular flexibility index (Phi) is 4.23. The van der Waals surface area contributed by atoms with Crippen molar-refractivity contribution in [3.8, 4) is 5.69 Å². The molecule has 0 aliphatic carbocycles. The molecule has 3 aromatic rings. The molecule has 1 N–H and O–H groups in total. The van der Waals surface area contributed by atoms with Crippen LogP contribution < -0.4 is 0 Å². The number of nitrogens with one attached hydrogen (secondary N) is 1. The van der Waals surface area contributed by atoms with Crippen LogP contribution in [0.2, 0.25) is 5.02 Å². The van der Waals surface area contributed by atoms with Crippen LogP contribution in [-0.2, 0) is 0 Å². The molecule has 0 radical (unpaired) electrons. The molecule has 4 rings (SSSR count). The number of hydrogen-bond acceptors (Lipinski definition) is 4. The number of amides is 1. The van der Waals surface area contributed by atoms with Crippen molar-refractivity contribution >= 4 is 17.5 Å². The van der Waals surface area contributed by atoms with Crippen molar-refractivity contribution in [2.75, 3.05) is 13.1 Å². The summed E-state index contributed by atoms with van der Waals surface area (Å²) in [5.41, 5.74) is 2.41. The topological polar surface area (TPSA) is 79.7 Å². The number of carbonyl (C=O) groups is 1. The van der Waals surface area contributed by atoms with Gasteiger partial charge in [0.1, 0.15) is 12.7 Å².